The summed E-state index contributed by atoms with van der Waals surface area (Å²) in [7, 11) is 0. The first-order chi connectivity index (χ1) is 9.88. The molecule has 0 saturated heterocycles. The first-order valence-electron chi connectivity index (χ1n) is 6.37. The Kier molecular flexibility index (Phi) is 4.43. The molecule has 0 amide bonds. The van der Waals surface area contributed by atoms with E-state index in [2.05, 4.69) is 0 Å². The summed E-state index contributed by atoms with van der Waals surface area (Å²) < 4.78 is 37.9. The minimum Gasteiger partial charge on any atom is -0.318 e. The molecule has 0 spiro atoms. The first-order valence-corrected chi connectivity index (χ1v) is 6.37. The van der Waals surface area contributed by atoms with Gasteiger partial charge in [-0.15, -0.1) is 0 Å². The zero-order chi connectivity index (χ0) is 15.5. The molecule has 0 aliphatic heterocycles. The fourth-order valence-corrected chi connectivity index (χ4v) is 2.02. The Morgan fingerprint density at radius 3 is 2.33 bits per heavy atom. The average Bonchev–Trinajstić information content (AvgIpc) is 2.47. The predicted octanol–water partition coefficient (Wildman–Crippen LogP) is 3.52. The Labute approximate surface area is 120 Å². The highest BCUT2D eigenvalue weighted by molar-refractivity contribution is 5.87. The predicted molar refractivity (Wildman–Crippen MR) is 73.5 cm³/mol. The number of hydrogen-bond acceptors (Lipinski definition) is 2. The maximum Gasteiger partial charge on any atom is 0.416 e. The third kappa shape index (κ3) is 3.92. The minimum absolute atomic E-state index is 0.125. The number of nitrogens with two attached hydrogens (primary N) is 1. The Balaban J connectivity index is 2.13. The molecule has 0 bridgehead atoms. The van der Waals surface area contributed by atoms with Gasteiger partial charge in [-0.2, -0.15) is 13.2 Å². The third-order valence-corrected chi connectivity index (χ3v) is 3.14. The minimum atomic E-state index is -4.42. The summed E-state index contributed by atoms with van der Waals surface area (Å²) in [6, 6.07) is 12.7. The topological polar surface area (TPSA) is 43.1 Å². The van der Waals surface area contributed by atoms with Crippen LogP contribution in [0.1, 0.15) is 22.7 Å². The SMILES string of the molecule is N[C@@H](C(=O)Cc1cccc(C(F)(F)F)c1)c1ccccc1. The van der Waals surface area contributed by atoms with Gasteiger partial charge in [-0.25, -0.2) is 0 Å². The second kappa shape index (κ2) is 6.10. The monoisotopic (exact) mass is 293 g/mol. The molecular weight excluding hydrogens is 279 g/mol. The number of carbonyl (C=O) groups is 1. The van der Waals surface area contributed by atoms with Gasteiger partial charge in [-0.3, -0.25) is 4.79 Å². The van der Waals surface area contributed by atoms with Crippen LogP contribution in [0.15, 0.2) is 54.6 Å². The number of rotatable bonds is 4. The van der Waals surface area contributed by atoms with Gasteiger partial charge in [-0.1, -0.05) is 48.5 Å². The summed E-state index contributed by atoms with van der Waals surface area (Å²) in [6.07, 6.45) is -4.54. The van der Waals surface area contributed by atoms with E-state index in [1.54, 1.807) is 30.3 Å². The van der Waals surface area contributed by atoms with E-state index >= 15 is 0 Å². The van der Waals surface area contributed by atoms with Gasteiger partial charge < -0.3 is 5.73 Å². The Bertz CT molecular complexity index is 623. The second-order valence-corrected chi connectivity index (χ2v) is 4.73. The fourth-order valence-electron chi connectivity index (χ4n) is 2.02. The molecule has 0 fully saturated rings. The van der Waals surface area contributed by atoms with E-state index in [-0.39, 0.29) is 12.2 Å². The van der Waals surface area contributed by atoms with E-state index in [0.29, 0.717) is 11.1 Å². The lowest BCUT2D eigenvalue weighted by molar-refractivity contribution is -0.137. The highest BCUT2D eigenvalue weighted by atomic mass is 19.4. The maximum absolute atomic E-state index is 12.6. The second-order valence-electron chi connectivity index (χ2n) is 4.73. The van der Waals surface area contributed by atoms with Crippen LogP contribution < -0.4 is 5.73 Å². The molecule has 0 aliphatic rings. The molecule has 110 valence electrons. The number of carbonyl (C=O) groups excluding carboxylic acids is 1. The molecule has 0 radical (unpaired) electrons. The summed E-state index contributed by atoms with van der Waals surface area (Å²) in [5.74, 6) is -0.319. The number of Topliss-reactive ketones (excluding diaryl/α,β-unsaturated/α-hetero) is 1. The highest BCUT2D eigenvalue weighted by Gasteiger charge is 2.30. The van der Waals surface area contributed by atoms with Crippen molar-refractivity contribution in [3.05, 3.63) is 71.3 Å². The summed E-state index contributed by atoms with van der Waals surface area (Å²) in [5, 5.41) is 0. The van der Waals surface area contributed by atoms with E-state index < -0.39 is 17.8 Å². The number of halogens is 3. The van der Waals surface area contributed by atoms with Crippen LogP contribution in [0, 0.1) is 0 Å². The van der Waals surface area contributed by atoms with Gasteiger partial charge in [0.1, 0.15) is 0 Å². The Morgan fingerprint density at radius 2 is 1.71 bits per heavy atom. The van der Waals surface area contributed by atoms with Crippen molar-refractivity contribution >= 4 is 5.78 Å². The van der Waals surface area contributed by atoms with E-state index in [9.17, 15) is 18.0 Å². The van der Waals surface area contributed by atoms with Crippen molar-refractivity contribution in [2.24, 2.45) is 5.73 Å². The Morgan fingerprint density at radius 1 is 1.05 bits per heavy atom. The van der Waals surface area contributed by atoms with Crippen LogP contribution in [0.5, 0.6) is 0 Å². The zero-order valence-corrected chi connectivity index (χ0v) is 11.1. The van der Waals surface area contributed by atoms with Crippen LogP contribution in [0.25, 0.3) is 0 Å². The van der Waals surface area contributed by atoms with Crippen molar-refractivity contribution < 1.29 is 18.0 Å². The fraction of sp³-hybridized carbons (Fsp3) is 0.188. The van der Waals surface area contributed by atoms with Crippen LogP contribution in [0.4, 0.5) is 13.2 Å². The smallest absolute Gasteiger partial charge is 0.318 e. The molecule has 2 aromatic rings. The molecule has 0 saturated carbocycles. The van der Waals surface area contributed by atoms with Gasteiger partial charge in [0.25, 0.3) is 0 Å². The van der Waals surface area contributed by atoms with Gasteiger partial charge in [0, 0.05) is 6.42 Å². The van der Waals surface area contributed by atoms with Gasteiger partial charge >= 0.3 is 6.18 Å². The van der Waals surface area contributed by atoms with Crippen molar-refractivity contribution in [3.63, 3.8) is 0 Å². The molecule has 0 aromatic heterocycles. The van der Waals surface area contributed by atoms with E-state index in [1.807, 2.05) is 0 Å². The standard InChI is InChI=1S/C16H14F3NO/c17-16(18,19)13-8-4-5-11(9-13)10-14(21)15(20)12-6-2-1-3-7-12/h1-9,15H,10,20H2/t15-/m1/s1. The molecule has 0 aliphatic carbocycles. The normalized spacial score (nSPS) is 13.0. The maximum atomic E-state index is 12.6. The van der Waals surface area contributed by atoms with Gasteiger partial charge in [0.2, 0.25) is 0 Å². The molecule has 21 heavy (non-hydrogen) atoms. The molecule has 2 N–H and O–H groups in total. The molecular formula is C16H14F3NO. The van der Waals surface area contributed by atoms with Crippen molar-refractivity contribution in [1.29, 1.82) is 0 Å². The van der Waals surface area contributed by atoms with Crippen LogP contribution >= 0.6 is 0 Å². The molecule has 1 atom stereocenters. The summed E-state index contributed by atoms with van der Waals surface area (Å²) in [4.78, 5) is 12.1. The van der Waals surface area contributed by atoms with Crippen LogP contribution in [-0.2, 0) is 17.4 Å². The Hall–Kier alpha value is -2.14. The van der Waals surface area contributed by atoms with Crippen LogP contribution in [0.3, 0.4) is 0 Å². The molecule has 0 heterocycles. The van der Waals surface area contributed by atoms with E-state index in [4.69, 9.17) is 5.73 Å². The molecule has 2 aromatic carbocycles. The number of ketones is 1. The number of benzene rings is 2. The molecule has 5 heteroatoms. The molecule has 2 rings (SSSR count). The van der Waals surface area contributed by atoms with Crippen molar-refractivity contribution in [3.8, 4) is 0 Å². The zero-order valence-electron chi connectivity index (χ0n) is 11.1. The lowest BCUT2D eigenvalue weighted by Crippen LogP contribution is -2.23. The van der Waals surface area contributed by atoms with Gasteiger partial charge in [0.05, 0.1) is 11.6 Å². The van der Waals surface area contributed by atoms with E-state index in [1.165, 1.54) is 12.1 Å². The lowest BCUT2D eigenvalue weighted by Gasteiger charge is -2.12. The first kappa shape index (κ1) is 15.3. The summed E-state index contributed by atoms with van der Waals surface area (Å²) in [6.45, 7) is 0. The molecule has 0 unspecified atom stereocenters. The van der Waals surface area contributed by atoms with Crippen molar-refractivity contribution in [1.82, 2.24) is 0 Å². The van der Waals surface area contributed by atoms with E-state index in [0.717, 1.165) is 12.1 Å². The molecule has 2 nitrogen and oxygen atoms in total. The highest BCUT2D eigenvalue weighted by Crippen LogP contribution is 2.29. The number of hydrogen-bond donors (Lipinski definition) is 1. The van der Waals surface area contributed by atoms with Crippen LogP contribution in [-0.4, -0.2) is 5.78 Å². The quantitative estimate of drug-likeness (QED) is 0.937. The third-order valence-electron chi connectivity index (χ3n) is 3.14. The van der Waals surface area contributed by atoms with Gasteiger partial charge in [-0.05, 0) is 17.2 Å². The lowest BCUT2D eigenvalue weighted by atomic mass is 9.97. The number of alkyl halides is 3. The summed E-state index contributed by atoms with van der Waals surface area (Å²) >= 11 is 0. The largest absolute Gasteiger partial charge is 0.416 e. The van der Waals surface area contributed by atoms with Crippen molar-refractivity contribution in [2.75, 3.05) is 0 Å². The van der Waals surface area contributed by atoms with Gasteiger partial charge in [0.15, 0.2) is 5.78 Å². The average molecular weight is 293 g/mol. The summed E-state index contributed by atoms with van der Waals surface area (Å²) in [5.41, 5.74) is 6.03. The van der Waals surface area contributed by atoms with Crippen LogP contribution in [0.2, 0.25) is 0 Å². The van der Waals surface area contributed by atoms with Crippen molar-refractivity contribution in [2.45, 2.75) is 18.6 Å².